The highest BCUT2D eigenvalue weighted by Gasteiger charge is 2.27. The molecule has 0 unspecified atom stereocenters. The molecule has 0 nitrogen and oxygen atoms in total. The average molecular weight is 411 g/mol. The molecule has 0 amide bonds. The molecule has 130 valence electrons. The molecule has 0 aliphatic carbocycles. The zero-order valence-corrected chi connectivity index (χ0v) is 17.8. The molecule has 0 saturated heterocycles. The van der Waals surface area contributed by atoms with Crippen molar-refractivity contribution in [1.82, 2.24) is 0 Å². The van der Waals surface area contributed by atoms with E-state index in [0.29, 0.717) is 9.16 Å². The predicted molar refractivity (Wildman–Crippen MR) is 118 cm³/mol. The van der Waals surface area contributed by atoms with Crippen LogP contribution in [0.15, 0.2) is 80.2 Å². The van der Waals surface area contributed by atoms with Crippen molar-refractivity contribution >= 4 is 47.0 Å². The Morgan fingerprint density at radius 2 is 0.885 bits per heavy atom. The summed E-state index contributed by atoms with van der Waals surface area (Å²) in [7, 11) is 0. The van der Waals surface area contributed by atoms with E-state index in [4.69, 9.17) is 0 Å². The molecule has 0 N–H and O–H groups in total. The fraction of sp³-hybridized carbons (Fsp3) is 0.182. The van der Waals surface area contributed by atoms with Crippen LogP contribution in [0, 0.1) is 13.8 Å². The van der Waals surface area contributed by atoms with E-state index in [1.165, 1.54) is 41.8 Å². The minimum Gasteiger partial charge on any atom is -0.105 e. The molecular weight excluding hydrogens is 393 g/mol. The summed E-state index contributed by atoms with van der Waals surface area (Å²) in [6.45, 7) is 4.34. The Morgan fingerprint density at radius 1 is 0.500 bits per heavy atom. The molecule has 26 heavy (non-hydrogen) atoms. The van der Waals surface area contributed by atoms with Gasteiger partial charge in [-0.15, -0.1) is 47.0 Å². The van der Waals surface area contributed by atoms with Crippen LogP contribution in [0.5, 0.6) is 0 Å². The Hall–Kier alpha value is -0.940. The van der Waals surface area contributed by atoms with Crippen molar-refractivity contribution in [2.24, 2.45) is 0 Å². The zero-order valence-electron chi connectivity index (χ0n) is 14.6. The van der Waals surface area contributed by atoms with Crippen LogP contribution in [0.3, 0.4) is 0 Å². The van der Waals surface area contributed by atoms with Crippen molar-refractivity contribution in [2.75, 3.05) is 0 Å². The van der Waals surface area contributed by atoms with Gasteiger partial charge in [0.05, 0.1) is 9.16 Å². The molecule has 4 heteroatoms. The molecule has 3 aromatic rings. The first-order valence-electron chi connectivity index (χ1n) is 8.63. The molecule has 2 aliphatic heterocycles. The molecular formula is C22H18S4. The molecule has 0 spiro atoms. The number of benzene rings is 3. The number of hydrogen-bond acceptors (Lipinski definition) is 4. The summed E-state index contributed by atoms with van der Waals surface area (Å²) in [5.41, 5.74) is 5.52. The second kappa shape index (κ2) is 6.90. The van der Waals surface area contributed by atoms with Gasteiger partial charge >= 0.3 is 0 Å². The Morgan fingerprint density at radius 3 is 1.31 bits per heavy atom. The van der Waals surface area contributed by atoms with E-state index < -0.39 is 0 Å². The summed E-state index contributed by atoms with van der Waals surface area (Å²) in [5.74, 6) is 0. The lowest BCUT2D eigenvalue weighted by Gasteiger charge is -2.12. The van der Waals surface area contributed by atoms with Crippen LogP contribution in [0.25, 0.3) is 0 Å². The molecule has 3 aromatic carbocycles. The Bertz CT molecular complexity index is 897. The summed E-state index contributed by atoms with van der Waals surface area (Å²) >= 11 is 7.93. The van der Waals surface area contributed by atoms with Gasteiger partial charge in [-0.1, -0.05) is 36.4 Å². The molecule has 0 saturated carbocycles. The fourth-order valence-electron chi connectivity index (χ4n) is 3.20. The van der Waals surface area contributed by atoms with Gasteiger partial charge in [-0.25, -0.2) is 0 Å². The first kappa shape index (κ1) is 17.2. The van der Waals surface area contributed by atoms with Crippen LogP contribution in [0.4, 0.5) is 0 Å². The van der Waals surface area contributed by atoms with Gasteiger partial charge in [0.25, 0.3) is 0 Å². The molecule has 0 bridgehead atoms. The summed E-state index contributed by atoms with van der Waals surface area (Å²) in [6.07, 6.45) is 0. The maximum Gasteiger partial charge on any atom is 0.0846 e. The van der Waals surface area contributed by atoms with Crippen molar-refractivity contribution in [3.8, 4) is 0 Å². The van der Waals surface area contributed by atoms with E-state index in [0.717, 1.165) is 0 Å². The van der Waals surface area contributed by atoms with Gasteiger partial charge in [0.15, 0.2) is 0 Å². The lowest BCUT2D eigenvalue weighted by atomic mass is 10.2. The van der Waals surface area contributed by atoms with Gasteiger partial charge in [-0.2, -0.15) is 0 Å². The summed E-state index contributed by atoms with van der Waals surface area (Å²) in [6, 6.07) is 22.9. The standard InChI is InChI=1S/C22H18S4/c1-13-3-9-17-19(11-13)25-21(23-17)15-5-7-16(8-6-15)22-24-18-10-4-14(2)12-20(18)26-22/h3-12,21-22H,1-2H3/t21-,22-/m1/s1. The summed E-state index contributed by atoms with van der Waals surface area (Å²) in [4.78, 5) is 5.69. The quantitative estimate of drug-likeness (QED) is 0.418. The second-order valence-corrected chi connectivity index (χ2v) is 11.9. The van der Waals surface area contributed by atoms with E-state index >= 15 is 0 Å². The SMILES string of the molecule is Cc1ccc2c(c1)S[C@H](c1ccc([C@@H]3Sc4ccc(C)cc4S3)cc1)S2. The number of rotatable bonds is 2. The van der Waals surface area contributed by atoms with Crippen molar-refractivity contribution in [1.29, 1.82) is 0 Å². The number of fused-ring (bicyclic) bond motifs is 2. The van der Waals surface area contributed by atoms with Crippen LogP contribution in [-0.2, 0) is 0 Å². The minimum atomic E-state index is 0.476. The number of hydrogen-bond donors (Lipinski definition) is 0. The van der Waals surface area contributed by atoms with Crippen molar-refractivity contribution < 1.29 is 0 Å². The maximum absolute atomic E-state index is 2.33. The van der Waals surface area contributed by atoms with E-state index in [1.54, 1.807) is 0 Å². The van der Waals surface area contributed by atoms with Crippen LogP contribution in [0.1, 0.15) is 31.4 Å². The molecule has 2 aliphatic rings. The van der Waals surface area contributed by atoms with Gasteiger partial charge in [0, 0.05) is 19.6 Å². The molecule has 0 aromatic heterocycles. The number of aryl methyl sites for hydroxylation is 2. The molecule has 2 atom stereocenters. The summed E-state index contributed by atoms with van der Waals surface area (Å²) < 4.78 is 0.953. The predicted octanol–water partition coefficient (Wildman–Crippen LogP) is 8.10. The summed E-state index contributed by atoms with van der Waals surface area (Å²) in [5, 5.41) is 0. The third-order valence-electron chi connectivity index (χ3n) is 4.62. The van der Waals surface area contributed by atoms with E-state index in [1.807, 2.05) is 47.0 Å². The maximum atomic E-state index is 2.33. The molecule has 2 heterocycles. The van der Waals surface area contributed by atoms with Gasteiger partial charge in [0.2, 0.25) is 0 Å². The molecule has 5 rings (SSSR count). The highest BCUT2D eigenvalue weighted by atomic mass is 32.2. The number of thioether (sulfide) groups is 4. The monoisotopic (exact) mass is 410 g/mol. The van der Waals surface area contributed by atoms with E-state index in [-0.39, 0.29) is 0 Å². The van der Waals surface area contributed by atoms with Crippen molar-refractivity contribution in [2.45, 2.75) is 42.6 Å². The van der Waals surface area contributed by atoms with Crippen LogP contribution in [0.2, 0.25) is 0 Å². The van der Waals surface area contributed by atoms with Crippen molar-refractivity contribution in [3.05, 3.63) is 82.9 Å². The Labute approximate surface area is 171 Å². The Kier molecular flexibility index (Phi) is 4.56. The third-order valence-corrected chi connectivity index (χ3v) is 10.4. The first-order chi connectivity index (χ1) is 12.7. The van der Waals surface area contributed by atoms with Crippen LogP contribution < -0.4 is 0 Å². The highest BCUT2D eigenvalue weighted by molar-refractivity contribution is 8.19. The van der Waals surface area contributed by atoms with Gasteiger partial charge in [0.1, 0.15) is 0 Å². The normalized spacial score (nSPS) is 20.8. The highest BCUT2D eigenvalue weighted by Crippen LogP contribution is 2.58. The van der Waals surface area contributed by atoms with E-state index in [9.17, 15) is 0 Å². The molecule has 0 fully saturated rings. The fourth-order valence-corrected chi connectivity index (χ4v) is 9.02. The molecule has 0 radical (unpaired) electrons. The van der Waals surface area contributed by atoms with Gasteiger partial charge in [-0.05, 0) is 60.4 Å². The van der Waals surface area contributed by atoms with Crippen LogP contribution in [-0.4, -0.2) is 0 Å². The lowest BCUT2D eigenvalue weighted by molar-refractivity contribution is 1.23. The zero-order chi connectivity index (χ0) is 17.7. The smallest absolute Gasteiger partial charge is 0.0846 e. The average Bonchev–Trinajstić information content (AvgIpc) is 3.25. The topological polar surface area (TPSA) is 0 Å². The van der Waals surface area contributed by atoms with Crippen molar-refractivity contribution in [3.63, 3.8) is 0 Å². The third kappa shape index (κ3) is 3.22. The van der Waals surface area contributed by atoms with Gasteiger partial charge in [-0.3, -0.25) is 0 Å². The Balaban J connectivity index is 1.33. The van der Waals surface area contributed by atoms with E-state index in [2.05, 4.69) is 74.5 Å². The second-order valence-electron chi connectivity index (χ2n) is 6.70. The van der Waals surface area contributed by atoms with Gasteiger partial charge < -0.3 is 0 Å². The first-order valence-corrected chi connectivity index (χ1v) is 12.2. The lowest BCUT2D eigenvalue weighted by Crippen LogP contribution is -1.88. The van der Waals surface area contributed by atoms with Crippen LogP contribution >= 0.6 is 47.0 Å². The largest absolute Gasteiger partial charge is 0.105 e. The minimum absolute atomic E-state index is 0.476.